The Labute approximate surface area is 158 Å². The van der Waals surface area contributed by atoms with Crippen molar-refractivity contribution in [3.05, 3.63) is 18.5 Å². The third-order valence-corrected chi connectivity index (χ3v) is 7.68. The summed E-state index contributed by atoms with van der Waals surface area (Å²) in [6.45, 7) is 3.91. The first-order valence-corrected chi connectivity index (χ1v) is 10.8. The fourth-order valence-electron chi connectivity index (χ4n) is 5.06. The molecule has 0 aromatic carbocycles. The van der Waals surface area contributed by atoms with E-state index >= 15 is 0 Å². The third-order valence-electron chi connectivity index (χ3n) is 6.58. The maximum atomic E-state index is 13.0. The number of anilines is 1. The van der Waals surface area contributed by atoms with Crippen LogP contribution in [-0.4, -0.2) is 47.0 Å². The Bertz CT molecular complexity index is 751. The number of rotatable bonds is 2. The van der Waals surface area contributed by atoms with Gasteiger partial charge in [0, 0.05) is 38.3 Å². The van der Waals surface area contributed by atoms with Gasteiger partial charge in [0.05, 0.1) is 10.9 Å². The van der Waals surface area contributed by atoms with Crippen molar-refractivity contribution in [3.63, 3.8) is 0 Å². The lowest BCUT2D eigenvalue weighted by molar-refractivity contribution is -0.135. The van der Waals surface area contributed by atoms with Crippen LogP contribution in [0.3, 0.4) is 0 Å². The summed E-state index contributed by atoms with van der Waals surface area (Å²) in [5.74, 6) is 2.20. The third kappa shape index (κ3) is 2.98. The van der Waals surface area contributed by atoms with Gasteiger partial charge in [0.2, 0.25) is 5.91 Å². The van der Waals surface area contributed by atoms with Crippen molar-refractivity contribution in [2.45, 2.75) is 38.5 Å². The van der Waals surface area contributed by atoms with Crippen LogP contribution in [0, 0.1) is 17.8 Å². The highest BCUT2D eigenvalue weighted by atomic mass is 32.1. The summed E-state index contributed by atoms with van der Waals surface area (Å²) in [5, 5.41) is 1.08. The fraction of sp³-hybridized carbons (Fsp3) is 0.650. The highest BCUT2D eigenvalue weighted by Gasteiger charge is 2.39. The van der Waals surface area contributed by atoms with Crippen LogP contribution in [-0.2, 0) is 4.79 Å². The van der Waals surface area contributed by atoms with Crippen molar-refractivity contribution in [1.82, 2.24) is 14.9 Å². The van der Waals surface area contributed by atoms with E-state index < -0.39 is 0 Å². The summed E-state index contributed by atoms with van der Waals surface area (Å²) in [7, 11) is 0. The van der Waals surface area contributed by atoms with Gasteiger partial charge in [0.15, 0.2) is 5.13 Å². The van der Waals surface area contributed by atoms with E-state index in [9.17, 15) is 4.79 Å². The van der Waals surface area contributed by atoms with E-state index in [2.05, 4.69) is 14.8 Å². The molecule has 26 heavy (non-hydrogen) atoms. The minimum absolute atomic E-state index is 0.211. The molecular formula is C20H26N4OS. The number of thiazole rings is 1. The average molecular weight is 371 g/mol. The summed E-state index contributed by atoms with van der Waals surface area (Å²) in [6, 6.07) is 2.03. The van der Waals surface area contributed by atoms with Crippen LogP contribution in [0.25, 0.3) is 10.2 Å². The van der Waals surface area contributed by atoms with E-state index in [1.54, 1.807) is 11.3 Å². The van der Waals surface area contributed by atoms with Gasteiger partial charge in [0.25, 0.3) is 0 Å². The molecule has 0 spiro atoms. The number of piperidine rings is 1. The van der Waals surface area contributed by atoms with Crippen LogP contribution in [0.15, 0.2) is 18.5 Å². The molecule has 0 bridgehead atoms. The molecule has 138 valence electrons. The Morgan fingerprint density at radius 2 is 1.81 bits per heavy atom. The van der Waals surface area contributed by atoms with Crippen LogP contribution in [0.1, 0.15) is 38.5 Å². The zero-order valence-electron chi connectivity index (χ0n) is 15.1. The quantitative estimate of drug-likeness (QED) is 0.811. The monoisotopic (exact) mass is 370 g/mol. The van der Waals surface area contributed by atoms with Crippen molar-refractivity contribution in [2.24, 2.45) is 17.8 Å². The second-order valence-electron chi connectivity index (χ2n) is 8.15. The number of amides is 1. The van der Waals surface area contributed by atoms with Gasteiger partial charge in [0.1, 0.15) is 5.52 Å². The molecule has 4 heterocycles. The minimum Gasteiger partial charge on any atom is -0.348 e. The molecule has 2 saturated heterocycles. The highest BCUT2D eigenvalue weighted by molar-refractivity contribution is 7.22. The fourth-order valence-corrected chi connectivity index (χ4v) is 6.05. The standard InChI is InChI=1S/C20H26N4OS/c25-19(24-12-15-3-1-2-4-16(15)13-24)14-6-9-23(10-7-14)20-22-17-11-21-8-5-18(17)26-20/h5,8,11,14-16H,1-4,6-7,9-10,12-13H2. The van der Waals surface area contributed by atoms with Crippen molar-refractivity contribution in [3.8, 4) is 0 Å². The Hall–Kier alpha value is -1.69. The van der Waals surface area contributed by atoms with E-state index in [4.69, 9.17) is 4.98 Å². The van der Waals surface area contributed by atoms with Crippen LogP contribution in [0.2, 0.25) is 0 Å². The lowest BCUT2D eigenvalue weighted by Gasteiger charge is -2.33. The maximum absolute atomic E-state index is 13.0. The lowest BCUT2D eigenvalue weighted by Crippen LogP contribution is -2.42. The minimum atomic E-state index is 0.211. The summed E-state index contributed by atoms with van der Waals surface area (Å²) in [4.78, 5) is 26.4. The number of carbonyl (C=O) groups is 1. The first kappa shape index (κ1) is 16.5. The van der Waals surface area contributed by atoms with Gasteiger partial charge in [-0.25, -0.2) is 4.98 Å². The molecule has 3 aliphatic rings. The number of hydrogen-bond donors (Lipinski definition) is 0. The van der Waals surface area contributed by atoms with E-state index in [0.29, 0.717) is 5.91 Å². The Morgan fingerprint density at radius 1 is 1.08 bits per heavy atom. The Balaban J connectivity index is 1.21. The smallest absolute Gasteiger partial charge is 0.225 e. The van der Waals surface area contributed by atoms with Gasteiger partial charge < -0.3 is 9.80 Å². The first-order chi connectivity index (χ1) is 12.8. The van der Waals surface area contributed by atoms with E-state index in [0.717, 1.165) is 61.5 Å². The molecule has 5 rings (SSSR count). The van der Waals surface area contributed by atoms with Gasteiger partial charge >= 0.3 is 0 Å². The molecule has 1 aliphatic carbocycles. The summed E-state index contributed by atoms with van der Waals surface area (Å²) in [5.41, 5.74) is 0.977. The molecule has 2 aromatic rings. The number of pyridine rings is 1. The van der Waals surface area contributed by atoms with Crippen LogP contribution >= 0.6 is 11.3 Å². The molecule has 0 radical (unpaired) electrons. The Kier molecular flexibility index (Phi) is 4.31. The number of likely N-dealkylation sites (tertiary alicyclic amines) is 1. The number of carbonyl (C=O) groups excluding carboxylic acids is 1. The number of nitrogens with zero attached hydrogens (tertiary/aromatic N) is 4. The van der Waals surface area contributed by atoms with Crippen LogP contribution in [0.5, 0.6) is 0 Å². The van der Waals surface area contributed by atoms with E-state index in [1.807, 2.05) is 18.5 Å². The van der Waals surface area contributed by atoms with Crippen LogP contribution in [0.4, 0.5) is 5.13 Å². The largest absolute Gasteiger partial charge is 0.348 e. The van der Waals surface area contributed by atoms with Crippen molar-refractivity contribution < 1.29 is 4.79 Å². The van der Waals surface area contributed by atoms with Gasteiger partial charge in [-0.15, -0.1) is 0 Å². The molecular weight excluding hydrogens is 344 g/mol. The van der Waals surface area contributed by atoms with Gasteiger partial charge in [-0.2, -0.15) is 0 Å². The normalized spacial score (nSPS) is 27.1. The topological polar surface area (TPSA) is 49.3 Å². The predicted octanol–water partition coefficient (Wildman–Crippen LogP) is 3.56. The van der Waals surface area contributed by atoms with Gasteiger partial charge in [-0.3, -0.25) is 9.78 Å². The second-order valence-corrected chi connectivity index (χ2v) is 9.16. The molecule has 2 aliphatic heterocycles. The predicted molar refractivity (Wildman–Crippen MR) is 104 cm³/mol. The first-order valence-electron chi connectivity index (χ1n) is 10.0. The van der Waals surface area contributed by atoms with Crippen molar-refractivity contribution in [2.75, 3.05) is 31.1 Å². The molecule has 1 amide bonds. The number of aromatic nitrogens is 2. The summed E-state index contributed by atoms with van der Waals surface area (Å²) < 4.78 is 1.19. The maximum Gasteiger partial charge on any atom is 0.225 e. The molecule has 2 aromatic heterocycles. The SMILES string of the molecule is O=C(C1CCN(c2nc3cnccc3s2)CC1)N1CC2CCCCC2C1. The second kappa shape index (κ2) is 6.80. The van der Waals surface area contributed by atoms with Crippen molar-refractivity contribution >= 4 is 32.6 Å². The van der Waals surface area contributed by atoms with E-state index in [1.165, 1.54) is 30.4 Å². The van der Waals surface area contributed by atoms with Crippen molar-refractivity contribution in [1.29, 1.82) is 0 Å². The molecule has 0 N–H and O–H groups in total. The summed E-state index contributed by atoms with van der Waals surface area (Å²) >= 11 is 1.73. The van der Waals surface area contributed by atoms with Crippen LogP contribution < -0.4 is 4.90 Å². The molecule has 6 heteroatoms. The Morgan fingerprint density at radius 3 is 2.50 bits per heavy atom. The zero-order chi connectivity index (χ0) is 17.5. The average Bonchev–Trinajstić information content (AvgIpc) is 3.31. The molecule has 2 unspecified atom stereocenters. The molecule has 5 nitrogen and oxygen atoms in total. The highest BCUT2D eigenvalue weighted by Crippen LogP contribution is 2.37. The number of hydrogen-bond acceptors (Lipinski definition) is 5. The zero-order valence-corrected chi connectivity index (χ0v) is 16.0. The molecule has 2 atom stereocenters. The molecule has 1 saturated carbocycles. The van der Waals surface area contributed by atoms with E-state index in [-0.39, 0.29) is 5.92 Å². The van der Waals surface area contributed by atoms with Gasteiger partial charge in [-0.05, 0) is 43.6 Å². The van der Waals surface area contributed by atoms with Gasteiger partial charge in [-0.1, -0.05) is 24.2 Å². The summed E-state index contributed by atoms with van der Waals surface area (Å²) in [6.07, 6.45) is 11.0. The molecule has 3 fully saturated rings. The lowest BCUT2D eigenvalue weighted by atomic mass is 9.82. The number of fused-ring (bicyclic) bond motifs is 2.